The van der Waals surface area contributed by atoms with Crippen LogP contribution in [0.4, 0.5) is 4.79 Å². The number of para-hydroxylation sites is 1. The summed E-state index contributed by atoms with van der Waals surface area (Å²) < 4.78 is 5.31. The first-order valence-electron chi connectivity index (χ1n) is 6.33. The first-order valence-corrected chi connectivity index (χ1v) is 6.33. The van der Waals surface area contributed by atoms with Crippen molar-refractivity contribution >= 4 is 12.1 Å². The summed E-state index contributed by atoms with van der Waals surface area (Å²) in [6.07, 6.45) is 0.837. The van der Waals surface area contributed by atoms with Crippen LogP contribution in [-0.2, 0) is 4.79 Å². The van der Waals surface area contributed by atoms with Gasteiger partial charge in [0.15, 0.2) is 0 Å². The van der Waals surface area contributed by atoms with E-state index in [9.17, 15) is 9.59 Å². The number of carboxylic acids is 1. The minimum Gasteiger partial charge on any atom is -0.481 e. The van der Waals surface area contributed by atoms with E-state index in [0.717, 1.165) is 5.56 Å². The smallest absolute Gasteiger partial charge is 0.415 e. The van der Waals surface area contributed by atoms with Crippen LogP contribution in [0.15, 0.2) is 24.3 Å². The maximum Gasteiger partial charge on any atom is 0.415 e. The number of carboxylic acid groups (broad SMARTS) is 1. The zero-order valence-electron chi connectivity index (χ0n) is 10.8. The van der Waals surface area contributed by atoms with Crippen molar-refractivity contribution < 1.29 is 19.4 Å². The van der Waals surface area contributed by atoms with E-state index in [0.29, 0.717) is 25.1 Å². The molecule has 0 saturated carbocycles. The molecule has 5 nitrogen and oxygen atoms in total. The van der Waals surface area contributed by atoms with E-state index in [4.69, 9.17) is 9.84 Å². The Balaban J connectivity index is 2.00. The second kappa shape index (κ2) is 5.73. The minimum atomic E-state index is -0.853. The van der Waals surface area contributed by atoms with Crippen molar-refractivity contribution in [1.29, 1.82) is 0 Å². The van der Waals surface area contributed by atoms with Gasteiger partial charge in [0.1, 0.15) is 5.75 Å². The van der Waals surface area contributed by atoms with Gasteiger partial charge in [-0.2, -0.15) is 0 Å². The Morgan fingerprint density at radius 3 is 2.79 bits per heavy atom. The molecule has 1 aliphatic heterocycles. The number of rotatable bonds is 2. The summed E-state index contributed by atoms with van der Waals surface area (Å²) >= 11 is 0. The normalized spacial score (nSPS) is 19.0. The van der Waals surface area contributed by atoms with Gasteiger partial charge in [0.2, 0.25) is 0 Å². The third-order valence-electron chi connectivity index (χ3n) is 3.32. The molecule has 0 radical (unpaired) electrons. The molecule has 1 fully saturated rings. The quantitative estimate of drug-likeness (QED) is 0.889. The average Bonchev–Trinajstić information content (AvgIpc) is 2.41. The van der Waals surface area contributed by atoms with E-state index in [1.165, 1.54) is 4.90 Å². The summed E-state index contributed by atoms with van der Waals surface area (Å²) in [5.74, 6) is -0.823. The number of carbonyl (C=O) groups is 2. The fraction of sp³-hybridized carbons (Fsp3) is 0.429. The average molecular weight is 263 g/mol. The standard InChI is InChI=1S/C14H17NO4/c1-10-5-2-3-7-12(10)19-14(18)15-8-4-6-11(9-15)13(16)17/h2-3,5,7,11H,4,6,8-9H2,1H3,(H,16,17). The second-order valence-corrected chi connectivity index (χ2v) is 4.76. The Hall–Kier alpha value is -2.04. The number of aryl methyl sites for hydroxylation is 1. The number of ether oxygens (including phenoxy) is 1. The Bertz CT molecular complexity index is 486. The lowest BCUT2D eigenvalue weighted by atomic mass is 9.99. The fourth-order valence-corrected chi connectivity index (χ4v) is 2.17. The minimum absolute atomic E-state index is 0.222. The molecule has 1 heterocycles. The van der Waals surface area contributed by atoms with Crippen molar-refractivity contribution in [1.82, 2.24) is 4.90 Å². The first-order chi connectivity index (χ1) is 9.08. The van der Waals surface area contributed by atoms with Crippen molar-refractivity contribution in [3.8, 4) is 5.75 Å². The molecular formula is C14H17NO4. The lowest BCUT2D eigenvalue weighted by molar-refractivity contribution is -0.143. The van der Waals surface area contributed by atoms with Gasteiger partial charge in [-0.25, -0.2) is 4.79 Å². The molecule has 1 amide bonds. The highest BCUT2D eigenvalue weighted by Gasteiger charge is 2.29. The van der Waals surface area contributed by atoms with Crippen LogP contribution in [0.2, 0.25) is 0 Å². The van der Waals surface area contributed by atoms with E-state index in [2.05, 4.69) is 0 Å². The van der Waals surface area contributed by atoms with Gasteiger partial charge >= 0.3 is 12.1 Å². The molecule has 1 aromatic carbocycles. The molecular weight excluding hydrogens is 246 g/mol. The predicted octanol–water partition coefficient (Wildman–Crippen LogP) is 2.29. The molecule has 1 saturated heterocycles. The molecule has 0 aliphatic carbocycles. The number of nitrogens with zero attached hydrogens (tertiary/aromatic N) is 1. The molecule has 5 heteroatoms. The van der Waals surface area contributed by atoms with Crippen LogP contribution in [0.5, 0.6) is 5.75 Å². The van der Waals surface area contributed by atoms with Crippen LogP contribution >= 0.6 is 0 Å². The van der Waals surface area contributed by atoms with Crippen LogP contribution in [0.25, 0.3) is 0 Å². The van der Waals surface area contributed by atoms with Gasteiger partial charge in [-0.1, -0.05) is 18.2 Å². The molecule has 0 bridgehead atoms. The van der Waals surface area contributed by atoms with E-state index >= 15 is 0 Å². The molecule has 1 unspecified atom stereocenters. The zero-order chi connectivity index (χ0) is 13.8. The lowest BCUT2D eigenvalue weighted by Gasteiger charge is -2.29. The molecule has 1 aliphatic rings. The Morgan fingerprint density at radius 2 is 2.11 bits per heavy atom. The van der Waals surface area contributed by atoms with Gasteiger partial charge < -0.3 is 14.7 Å². The maximum atomic E-state index is 12.0. The number of aliphatic carboxylic acids is 1. The van der Waals surface area contributed by atoms with E-state index < -0.39 is 18.0 Å². The fourth-order valence-electron chi connectivity index (χ4n) is 2.17. The monoisotopic (exact) mass is 263 g/mol. The summed E-state index contributed by atoms with van der Waals surface area (Å²) in [6, 6.07) is 7.25. The van der Waals surface area contributed by atoms with Crippen LogP contribution in [0, 0.1) is 12.8 Å². The summed E-state index contributed by atoms with van der Waals surface area (Å²) in [7, 11) is 0. The SMILES string of the molecule is Cc1ccccc1OC(=O)N1CCCC(C(=O)O)C1. The molecule has 102 valence electrons. The Labute approximate surface area is 111 Å². The van der Waals surface area contributed by atoms with Gasteiger partial charge in [0, 0.05) is 13.1 Å². The molecule has 19 heavy (non-hydrogen) atoms. The molecule has 0 spiro atoms. The number of amides is 1. The van der Waals surface area contributed by atoms with Crippen LogP contribution in [0.3, 0.4) is 0 Å². The molecule has 1 N–H and O–H groups in total. The van der Waals surface area contributed by atoms with Gasteiger partial charge in [-0.3, -0.25) is 4.79 Å². The number of hydrogen-bond donors (Lipinski definition) is 1. The van der Waals surface area contributed by atoms with Gasteiger partial charge in [0.25, 0.3) is 0 Å². The third-order valence-corrected chi connectivity index (χ3v) is 3.32. The molecule has 2 rings (SSSR count). The lowest BCUT2D eigenvalue weighted by Crippen LogP contribution is -2.43. The largest absolute Gasteiger partial charge is 0.481 e. The summed E-state index contributed by atoms with van der Waals surface area (Å²) in [5.41, 5.74) is 0.877. The predicted molar refractivity (Wildman–Crippen MR) is 69.1 cm³/mol. The van der Waals surface area contributed by atoms with Gasteiger partial charge in [-0.15, -0.1) is 0 Å². The highest BCUT2D eigenvalue weighted by Crippen LogP contribution is 2.20. The molecule has 1 atom stereocenters. The summed E-state index contributed by atoms with van der Waals surface area (Å²) in [5, 5.41) is 8.99. The van der Waals surface area contributed by atoms with Crippen LogP contribution in [0.1, 0.15) is 18.4 Å². The van der Waals surface area contributed by atoms with Crippen molar-refractivity contribution in [2.24, 2.45) is 5.92 Å². The summed E-state index contributed by atoms with van der Waals surface area (Å²) in [6.45, 7) is 2.63. The number of hydrogen-bond acceptors (Lipinski definition) is 3. The second-order valence-electron chi connectivity index (χ2n) is 4.76. The van der Waals surface area contributed by atoms with Gasteiger partial charge in [-0.05, 0) is 31.4 Å². The number of piperidine rings is 1. The van der Waals surface area contributed by atoms with Gasteiger partial charge in [0.05, 0.1) is 5.92 Å². The zero-order valence-corrected chi connectivity index (χ0v) is 10.8. The van der Waals surface area contributed by atoms with Crippen molar-refractivity contribution in [3.05, 3.63) is 29.8 Å². The maximum absolute atomic E-state index is 12.0. The molecule has 0 aromatic heterocycles. The van der Waals surface area contributed by atoms with E-state index in [1.54, 1.807) is 12.1 Å². The number of carbonyl (C=O) groups excluding carboxylic acids is 1. The molecule has 1 aromatic rings. The van der Waals surface area contributed by atoms with Crippen LogP contribution < -0.4 is 4.74 Å². The number of likely N-dealkylation sites (tertiary alicyclic amines) is 1. The van der Waals surface area contributed by atoms with Crippen molar-refractivity contribution in [2.75, 3.05) is 13.1 Å². The van der Waals surface area contributed by atoms with Crippen molar-refractivity contribution in [2.45, 2.75) is 19.8 Å². The Morgan fingerprint density at radius 1 is 1.37 bits per heavy atom. The highest BCUT2D eigenvalue weighted by atomic mass is 16.6. The van der Waals surface area contributed by atoms with E-state index in [-0.39, 0.29) is 6.54 Å². The first kappa shape index (κ1) is 13.4. The number of benzene rings is 1. The topological polar surface area (TPSA) is 66.8 Å². The Kier molecular flexibility index (Phi) is 4.04. The summed E-state index contributed by atoms with van der Waals surface area (Å²) in [4.78, 5) is 24.4. The van der Waals surface area contributed by atoms with E-state index in [1.807, 2.05) is 19.1 Å². The van der Waals surface area contributed by atoms with Crippen molar-refractivity contribution in [3.63, 3.8) is 0 Å². The third kappa shape index (κ3) is 3.24. The highest BCUT2D eigenvalue weighted by molar-refractivity contribution is 5.74. The van der Waals surface area contributed by atoms with Crippen LogP contribution in [-0.4, -0.2) is 35.2 Å².